The molecule has 2 rings (SSSR count). The summed E-state index contributed by atoms with van der Waals surface area (Å²) in [6.45, 7) is 4.48. The molecule has 1 unspecified atom stereocenters. The van der Waals surface area contributed by atoms with Gasteiger partial charge in [0.2, 0.25) is 9.47 Å². The van der Waals surface area contributed by atoms with Crippen LogP contribution < -0.4 is 10.5 Å². The van der Waals surface area contributed by atoms with Crippen molar-refractivity contribution in [2.75, 3.05) is 25.4 Å². The number of piperidine rings is 1. The summed E-state index contributed by atoms with van der Waals surface area (Å²) in [4.78, 5) is 2.31. The number of nitrogens with zero attached hydrogens (tertiary/aromatic N) is 3. The third-order valence-electron chi connectivity index (χ3n) is 3.23. The van der Waals surface area contributed by atoms with Gasteiger partial charge in [-0.2, -0.15) is 0 Å². The van der Waals surface area contributed by atoms with Crippen LogP contribution in [0.15, 0.2) is 4.34 Å². The number of hydrogen-bond acceptors (Lipinski definition) is 7. The second-order valence-corrected chi connectivity index (χ2v) is 7.65. The van der Waals surface area contributed by atoms with Crippen LogP contribution in [0.2, 0.25) is 0 Å². The molecule has 0 bridgehead atoms. The molecular weight excluding hydrogens is 286 g/mol. The van der Waals surface area contributed by atoms with Crippen LogP contribution in [0.4, 0.5) is 5.13 Å². The van der Waals surface area contributed by atoms with Gasteiger partial charge in [-0.15, -0.1) is 10.2 Å². The third kappa shape index (κ3) is 3.85. The molecule has 2 heterocycles. The molecule has 1 saturated heterocycles. The summed E-state index contributed by atoms with van der Waals surface area (Å²) in [5.41, 5.74) is 5.39. The van der Waals surface area contributed by atoms with Crippen LogP contribution in [0.5, 0.6) is 0 Å². The van der Waals surface area contributed by atoms with E-state index in [1.54, 1.807) is 0 Å². The monoisotopic (exact) mass is 305 g/mol. The average molecular weight is 305 g/mol. The van der Waals surface area contributed by atoms with E-state index in [9.17, 15) is 8.42 Å². The average Bonchev–Trinajstić information content (AvgIpc) is 2.85. The molecule has 7 nitrogen and oxygen atoms in total. The van der Waals surface area contributed by atoms with Gasteiger partial charge in [-0.3, -0.25) is 4.90 Å². The van der Waals surface area contributed by atoms with Gasteiger partial charge in [0, 0.05) is 12.6 Å². The standard InChI is InChI=1S/C10H19N5O2S2/c1-8(15-5-3-2-4-6-15)7-12-19(16,17)10-14-13-9(11)18-10/h8,12H,2-7H2,1H3,(H2,11,13). The summed E-state index contributed by atoms with van der Waals surface area (Å²) in [5, 5.41) is 7.23. The number of sulfonamides is 1. The van der Waals surface area contributed by atoms with Crippen LogP contribution in [0.3, 0.4) is 0 Å². The summed E-state index contributed by atoms with van der Waals surface area (Å²) < 4.78 is 26.4. The van der Waals surface area contributed by atoms with Gasteiger partial charge >= 0.3 is 0 Å². The molecule has 3 N–H and O–H groups in total. The topological polar surface area (TPSA) is 101 Å². The van der Waals surface area contributed by atoms with Crippen molar-refractivity contribution in [3.8, 4) is 0 Å². The highest BCUT2D eigenvalue weighted by Gasteiger charge is 2.22. The van der Waals surface area contributed by atoms with Gasteiger partial charge in [0.15, 0.2) is 0 Å². The Morgan fingerprint density at radius 2 is 2.05 bits per heavy atom. The van der Waals surface area contributed by atoms with Crippen LogP contribution >= 0.6 is 11.3 Å². The van der Waals surface area contributed by atoms with E-state index in [-0.39, 0.29) is 15.5 Å². The summed E-state index contributed by atoms with van der Waals surface area (Å²) in [6.07, 6.45) is 3.63. The molecule has 19 heavy (non-hydrogen) atoms. The van der Waals surface area contributed by atoms with Crippen molar-refractivity contribution in [2.45, 2.75) is 36.6 Å². The number of likely N-dealkylation sites (tertiary alicyclic amines) is 1. The Balaban J connectivity index is 1.90. The predicted octanol–water partition coefficient (Wildman–Crippen LogP) is 0.273. The second-order valence-electron chi connectivity index (χ2n) is 4.70. The molecule has 9 heteroatoms. The first-order valence-electron chi connectivity index (χ1n) is 6.32. The van der Waals surface area contributed by atoms with Gasteiger partial charge < -0.3 is 5.73 Å². The lowest BCUT2D eigenvalue weighted by molar-refractivity contribution is 0.175. The van der Waals surface area contributed by atoms with E-state index in [0.29, 0.717) is 6.54 Å². The Kier molecular flexibility index (Phi) is 4.71. The van der Waals surface area contributed by atoms with Crippen molar-refractivity contribution >= 4 is 26.5 Å². The number of anilines is 1. The zero-order valence-electron chi connectivity index (χ0n) is 10.9. The van der Waals surface area contributed by atoms with Crippen LogP contribution in [0.25, 0.3) is 0 Å². The zero-order chi connectivity index (χ0) is 13.9. The first-order valence-corrected chi connectivity index (χ1v) is 8.62. The van der Waals surface area contributed by atoms with Gasteiger partial charge in [0.1, 0.15) is 0 Å². The van der Waals surface area contributed by atoms with Crippen molar-refractivity contribution in [3.05, 3.63) is 0 Å². The van der Waals surface area contributed by atoms with Crippen molar-refractivity contribution in [2.24, 2.45) is 0 Å². The van der Waals surface area contributed by atoms with Crippen LogP contribution in [0, 0.1) is 0 Å². The Morgan fingerprint density at radius 1 is 1.37 bits per heavy atom. The molecule has 0 aliphatic carbocycles. The zero-order valence-corrected chi connectivity index (χ0v) is 12.5. The van der Waals surface area contributed by atoms with E-state index in [2.05, 4.69) is 19.8 Å². The minimum Gasteiger partial charge on any atom is -0.374 e. The number of rotatable bonds is 5. The van der Waals surface area contributed by atoms with E-state index >= 15 is 0 Å². The van der Waals surface area contributed by atoms with Crippen LogP contribution in [0.1, 0.15) is 26.2 Å². The molecule has 1 aliphatic heterocycles. The summed E-state index contributed by atoms with van der Waals surface area (Å²) in [7, 11) is -3.58. The first kappa shape index (κ1) is 14.6. The van der Waals surface area contributed by atoms with Gasteiger partial charge in [-0.1, -0.05) is 17.8 Å². The number of aromatic nitrogens is 2. The Labute approximate surface area is 117 Å². The highest BCUT2D eigenvalue weighted by atomic mass is 32.2. The fourth-order valence-electron chi connectivity index (χ4n) is 2.11. The summed E-state index contributed by atoms with van der Waals surface area (Å²) in [6, 6.07) is 0.181. The minimum atomic E-state index is -3.58. The van der Waals surface area contributed by atoms with E-state index in [4.69, 9.17) is 5.73 Å². The molecule has 1 aromatic heterocycles. The molecular formula is C10H19N5O2S2. The molecule has 0 aromatic carbocycles. The maximum atomic E-state index is 12.0. The van der Waals surface area contributed by atoms with Crippen LogP contribution in [-0.4, -0.2) is 49.2 Å². The third-order valence-corrected chi connectivity index (χ3v) is 5.78. The Bertz CT molecular complexity index is 510. The van der Waals surface area contributed by atoms with Gasteiger partial charge in [0.25, 0.3) is 10.0 Å². The largest absolute Gasteiger partial charge is 0.374 e. The van der Waals surface area contributed by atoms with Gasteiger partial charge in [-0.05, 0) is 32.9 Å². The molecule has 1 atom stereocenters. The van der Waals surface area contributed by atoms with Crippen molar-refractivity contribution in [1.29, 1.82) is 0 Å². The van der Waals surface area contributed by atoms with Gasteiger partial charge in [-0.25, -0.2) is 13.1 Å². The fourth-order valence-corrected chi connectivity index (χ4v) is 4.06. The van der Waals surface area contributed by atoms with E-state index < -0.39 is 10.0 Å². The van der Waals surface area contributed by atoms with Crippen molar-refractivity contribution in [1.82, 2.24) is 19.8 Å². The van der Waals surface area contributed by atoms with E-state index in [1.807, 2.05) is 6.92 Å². The fraction of sp³-hybridized carbons (Fsp3) is 0.800. The lowest BCUT2D eigenvalue weighted by Gasteiger charge is -2.32. The van der Waals surface area contributed by atoms with Crippen molar-refractivity contribution in [3.63, 3.8) is 0 Å². The molecule has 1 fully saturated rings. The minimum absolute atomic E-state index is 0.0733. The quantitative estimate of drug-likeness (QED) is 0.810. The highest BCUT2D eigenvalue weighted by molar-refractivity contribution is 7.91. The van der Waals surface area contributed by atoms with Gasteiger partial charge in [0.05, 0.1) is 0 Å². The van der Waals surface area contributed by atoms with E-state index in [0.717, 1.165) is 24.4 Å². The van der Waals surface area contributed by atoms with Crippen molar-refractivity contribution < 1.29 is 8.42 Å². The molecule has 1 aromatic rings. The number of nitrogen functional groups attached to an aromatic ring is 1. The second kappa shape index (κ2) is 6.12. The first-order chi connectivity index (χ1) is 8.99. The lowest BCUT2D eigenvalue weighted by Crippen LogP contribution is -2.44. The maximum absolute atomic E-state index is 12.0. The SMILES string of the molecule is CC(CNS(=O)(=O)c1nnc(N)s1)N1CCCCC1. The Hall–Kier alpha value is -0.770. The summed E-state index contributed by atoms with van der Waals surface area (Å²) >= 11 is 0.873. The summed E-state index contributed by atoms with van der Waals surface area (Å²) in [5.74, 6) is 0. The predicted molar refractivity (Wildman–Crippen MR) is 74.4 cm³/mol. The smallest absolute Gasteiger partial charge is 0.269 e. The Morgan fingerprint density at radius 3 is 2.63 bits per heavy atom. The van der Waals surface area contributed by atoms with Crippen LogP contribution in [-0.2, 0) is 10.0 Å². The number of nitrogens with two attached hydrogens (primary N) is 1. The molecule has 0 radical (unpaired) electrons. The maximum Gasteiger partial charge on any atom is 0.269 e. The molecule has 0 spiro atoms. The van der Waals surface area contributed by atoms with E-state index in [1.165, 1.54) is 19.3 Å². The lowest BCUT2D eigenvalue weighted by atomic mass is 10.1. The number of hydrogen-bond donors (Lipinski definition) is 2. The molecule has 0 amide bonds. The molecule has 108 valence electrons. The molecule has 1 aliphatic rings. The highest BCUT2D eigenvalue weighted by Crippen LogP contribution is 2.17. The number of nitrogens with one attached hydrogen (secondary N) is 1. The normalized spacial score (nSPS) is 19.4. The molecule has 0 saturated carbocycles.